The molecule has 1 aromatic heterocycles. The zero-order valence-electron chi connectivity index (χ0n) is 16.0. The summed E-state index contributed by atoms with van der Waals surface area (Å²) in [7, 11) is 0. The molecule has 0 aliphatic carbocycles. The highest BCUT2D eigenvalue weighted by Gasteiger charge is 2.26. The number of rotatable bonds is 7. The van der Waals surface area contributed by atoms with E-state index in [-0.39, 0.29) is 23.6 Å². The topological polar surface area (TPSA) is 42.4 Å². The number of ether oxygens (including phenoxy) is 1. The van der Waals surface area contributed by atoms with Crippen LogP contribution in [-0.2, 0) is 9.53 Å². The van der Waals surface area contributed by atoms with Gasteiger partial charge in [0, 0.05) is 16.4 Å². The second kappa shape index (κ2) is 9.47. The number of hydrogen-bond acceptors (Lipinski definition) is 6. The van der Waals surface area contributed by atoms with Crippen molar-refractivity contribution in [1.82, 2.24) is 4.98 Å². The van der Waals surface area contributed by atoms with Crippen LogP contribution in [0.4, 0.5) is 9.52 Å². The first-order chi connectivity index (χ1) is 14.1. The van der Waals surface area contributed by atoms with Gasteiger partial charge in [-0.25, -0.2) is 9.37 Å². The molecule has 1 atom stereocenters. The molecular formula is C21H21FN2O2S3. The predicted octanol–water partition coefficient (Wildman–Crippen LogP) is 5.46. The van der Waals surface area contributed by atoms with E-state index in [0.29, 0.717) is 11.7 Å². The quantitative estimate of drug-likeness (QED) is 0.449. The molecule has 1 unspecified atom stereocenters. The summed E-state index contributed by atoms with van der Waals surface area (Å²) in [6, 6.07) is 12.4. The van der Waals surface area contributed by atoms with E-state index in [4.69, 9.17) is 9.72 Å². The third kappa shape index (κ3) is 5.12. The third-order valence-corrected chi connectivity index (χ3v) is 7.47. The van der Waals surface area contributed by atoms with Gasteiger partial charge < -0.3 is 4.74 Å². The number of thioether (sulfide) groups is 2. The van der Waals surface area contributed by atoms with Crippen LogP contribution in [0.25, 0.3) is 10.2 Å². The monoisotopic (exact) mass is 448 g/mol. The minimum Gasteiger partial charge on any atom is -0.376 e. The first-order valence-corrected chi connectivity index (χ1v) is 12.4. The third-order valence-electron chi connectivity index (χ3n) is 4.70. The van der Waals surface area contributed by atoms with E-state index in [1.807, 2.05) is 18.4 Å². The molecule has 0 saturated carbocycles. The van der Waals surface area contributed by atoms with Crippen LogP contribution in [0.3, 0.4) is 0 Å². The van der Waals surface area contributed by atoms with Crippen molar-refractivity contribution in [2.45, 2.75) is 28.7 Å². The highest BCUT2D eigenvalue weighted by atomic mass is 32.2. The minimum absolute atomic E-state index is 0.0148. The molecule has 4 nitrogen and oxygen atoms in total. The normalized spacial score (nSPS) is 16.4. The van der Waals surface area contributed by atoms with Crippen molar-refractivity contribution in [2.24, 2.45) is 0 Å². The number of thiazole rings is 1. The number of fused-ring (bicyclic) bond motifs is 1. The predicted molar refractivity (Wildman–Crippen MR) is 120 cm³/mol. The van der Waals surface area contributed by atoms with E-state index in [1.54, 1.807) is 28.8 Å². The van der Waals surface area contributed by atoms with Gasteiger partial charge in [-0.15, -0.1) is 23.5 Å². The summed E-state index contributed by atoms with van der Waals surface area (Å²) >= 11 is 4.63. The number of hydrogen-bond donors (Lipinski definition) is 0. The van der Waals surface area contributed by atoms with Crippen LogP contribution in [0, 0.1) is 5.82 Å². The fourth-order valence-electron chi connectivity index (χ4n) is 3.17. The van der Waals surface area contributed by atoms with Crippen LogP contribution in [0.1, 0.15) is 12.8 Å². The second-order valence-electron chi connectivity index (χ2n) is 6.71. The van der Waals surface area contributed by atoms with Crippen LogP contribution >= 0.6 is 34.9 Å². The summed E-state index contributed by atoms with van der Waals surface area (Å²) in [4.78, 5) is 21.6. The SMILES string of the molecule is CSc1ccc2nc(N(CC3CCCO3)C(=O)CSc3ccc(F)cc3)sc2c1. The number of amides is 1. The number of anilines is 1. The summed E-state index contributed by atoms with van der Waals surface area (Å²) < 4.78 is 20.0. The fraction of sp³-hybridized carbons (Fsp3) is 0.333. The Balaban J connectivity index is 1.55. The van der Waals surface area contributed by atoms with E-state index >= 15 is 0 Å². The van der Waals surface area contributed by atoms with Crippen molar-refractivity contribution in [1.29, 1.82) is 0 Å². The van der Waals surface area contributed by atoms with E-state index in [0.717, 1.165) is 34.6 Å². The number of carbonyl (C=O) groups excluding carboxylic acids is 1. The number of nitrogens with zero attached hydrogens (tertiary/aromatic N) is 2. The molecule has 0 bridgehead atoms. The van der Waals surface area contributed by atoms with Crippen molar-refractivity contribution in [2.75, 3.05) is 30.1 Å². The van der Waals surface area contributed by atoms with Gasteiger partial charge in [-0.1, -0.05) is 11.3 Å². The molecule has 1 amide bonds. The Bertz CT molecular complexity index is 987. The molecular weight excluding hydrogens is 427 g/mol. The molecule has 2 aromatic carbocycles. The van der Waals surface area contributed by atoms with E-state index in [9.17, 15) is 9.18 Å². The van der Waals surface area contributed by atoms with Crippen molar-refractivity contribution in [3.8, 4) is 0 Å². The zero-order chi connectivity index (χ0) is 20.2. The summed E-state index contributed by atoms with van der Waals surface area (Å²) in [6.45, 7) is 1.26. The lowest BCUT2D eigenvalue weighted by molar-refractivity contribution is -0.116. The van der Waals surface area contributed by atoms with Crippen LogP contribution < -0.4 is 4.90 Å². The maximum atomic E-state index is 13.1. The lowest BCUT2D eigenvalue weighted by Gasteiger charge is -2.23. The molecule has 1 aliphatic heterocycles. The number of aromatic nitrogens is 1. The molecule has 0 radical (unpaired) electrons. The molecule has 0 spiro atoms. The molecule has 2 heterocycles. The fourth-order valence-corrected chi connectivity index (χ4v) is 5.49. The molecule has 1 saturated heterocycles. The molecule has 0 N–H and O–H groups in total. The molecule has 152 valence electrons. The number of carbonyl (C=O) groups is 1. The highest BCUT2D eigenvalue weighted by Crippen LogP contribution is 2.33. The van der Waals surface area contributed by atoms with Gasteiger partial charge in [0.05, 0.1) is 28.6 Å². The molecule has 1 aliphatic rings. The molecule has 4 rings (SSSR count). The van der Waals surface area contributed by atoms with E-state index in [1.165, 1.54) is 40.1 Å². The maximum Gasteiger partial charge on any atom is 0.239 e. The Hall–Kier alpha value is -1.61. The zero-order valence-corrected chi connectivity index (χ0v) is 18.4. The lowest BCUT2D eigenvalue weighted by Crippen LogP contribution is -2.38. The first-order valence-electron chi connectivity index (χ1n) is 9.37. The molecule has 1 fully saturated rings. The van der Waals surface area contributed by atoms with Crippen LogP contribution in [0.2, 0.25) is 0 Å². The summed E-state index contributed by atoms with van der Waals surface area (Å²) in [5.41, 5.74) is 0.902. The Kier molecular flexibility index (Phi) is 6.74. The lowest BCUT2D eigenvalue weighted by atomic mass is 10.2. The minimum atomic E-state index is -0.278. The van der Waals surface area contributed by atoms with Gasteiger partial charge in [0.15, 0.2) is 5.13 Å². The molecule has 3 aromatic rings. The molecule has 8 heteroatoms. The Morgan fingerprint density at radius 3 is 2.79 bits per heavy atom. The van der Waals surface area contributed by atoms with Gasteiger partial charge in [-0.3, -0.25) is 9.69 Å². The largest absolute Gasteiger partial charge is 0.376 e. The van der Waals surface area contributed by atoms with E-state index in [2.05, 4.69) is 6.07 Å². The van der Waals surface area contributed by atoms with Crippen LogP contribution in [0.5, 0.6) is 0 Å². The summed E-state index contributed by atoms with van der Waals surface area (Å²) in [5.74, 6) is -0.0246. The van der Waals surface area contributed by atoms with Gasteiger partial charge >= 0.3 is 0 Å². The smallest absolute Gasteiger partial charge is 0.239 e. The van der Waals surface area contributed by atoms with Gasteiger partial charge in [0.2, 0.25) is 5.91 Å². The van der Waals surface area contributed by atoms with Gasteiger partial charge in [-0.05, 0) is 61.6 Å². The van der Waals surface area contributed by atoms with Crippen molar-refractivity contribution < 1.29 is 13.9 Å². The van der Waals surface area contributed by atoms with Crippen molar-refractivity contribution in [3.05, 3.63) is 48.3 Å². The van der Waals surface area contributed by atoms with Crippen molar-refractivity contribution in [3.63, 3.8) is 0 Å². The first kappa shape index (κ1) is 20.7. The van der Waals surface area contributed by atoms with Gasteiger partial charge in [0.1, 0.15) is 5.82 Å². The van der Waals surface area contributed by atoms with Gasteiger partial charge in [-0.2, -0.15) is 0 Å². The Morgan fingerprint density at radius 2 is 2.07 bits per heavy atom. The van der Waals surface area contributed by atoms with Gasteiger partial charge in [0.25, 0.3) is 0 Å². The summed E-state index contributed by atoms with van der Waals surface area (Å²) in [5, 5.41) is 0.707. The number of halogens is 1. The average molecular weight is 449 g/mol. The highest BCUT2D eigenvalue weighted by molar-refractivity contribution is 8.00. The second-order valence-corrected chi connectivity index (χ2v) is 9.65. The average Bonchev–Trinajstić information content (AvgIpc) is 3.40. The summed E-state index contributed by atoms with van der Waals surface area (Å²) in [6.07, 6.45) is 4.07. The Labute approximate surface area is 181 Å². The molecule has 29 heavy (non-hydrogen) atoms. The standard InChI is InChI=1S/C21H21FN2O2S3/c1-27-17-8-9-18-19(11-17)29-21(23-18)24(12-15-3-2-10-26-15)20(25)13-28-16-6-4-14(22)5-7-16/h4-9,11,15H,2-3,10,12-13H2,1H3. The maximum absolute atomic E-state index is 13.1. The van der Waals surface area contributed by atoms with Crippen LogP contribution in [0.15, 0.2) is 52.3 Å². The van der Waals surface area contributed by atoms with Crippen LogP contribution in [-0.4, -0.2) is 42.2 Å². The Morgan fingerprint density at radius 1 is 1.28 bits per heavy atom. The number of benzene rings is 2. The van der Waals surface area contributed by atoms with Crippen molar-refractivity contribution >= 4 is 56.1 Å². The van der Waals surface area contributed by atoms with E-state index < -0.39 is 0 Å².